The molecule has 0 unspecified atom stereocenters. The minimum atomic E-state index is 0.0234. The van der Waals surface area contributed by atoms with Gasteiger partial charge < -0.3 is 14.3 Å². The van der Waals surface area contributed by atoms with Gasteiger partial charge in [-0.05, 0) is 66.4 Å². The van der Waals surface area contributed by atoms with Crippen molar-refractivity contribution < 1.29 is 14.3 Å². The van der Waals surface area contributed by atoms with E-state index in [1.54, 1.807) is 6.07 Å². The minimum absolute atomic E-state index is 0.0234. The quantitative estimate of drug-likeness (QED) is 0.262. The van der Waals surface area contributed by atoms with Crippen molar-refractivity contribution in [3.05, 3.63) is 90.0 Å². The molecule has 1 aliphatic rings. The highest BCUT2D eigenvalue weighted by atomic mass is 32.2. The van der Waals surface area contributed by atoms with Crippen LogP contribution in [0.1, 0.15) is 16.7 Å². The summed E-state index contributed by atoms with van der Waals surface area (Å²) >= 11 is 1.50. The minimum Gasteiger partial charge on any atom is -0.507 e. The fraction of sp³-hybridized carbons (Fsp3) is 0.185. The van der Waals surface area contributed by atoms with Gasteiger partial charge in [0.15, 0.2) is 0 Å². The van der Waals surface area contributed by atoms with E-state index in [-0.39, 0.29) is 11.9 Å². The molecule has 2 heterocycles. The largest absolute Gasteiger partial charge is 0.507 e. The SMILES string of the molecule is C=CCc1ccc(O)c(-c2ccc3c(c2)C[C@@H](CSc2nnc(-c4cccc(C)c4)o2)O3)c1. The molecule has 0 radical (unpaired) electrons. The summed E-state index contributed by atoms with van der Waals surface area (Å²) in [5, 5.41) is 19.3. The number of ether oxygens (including phenoxy) is 1. The Hall–Kier alpha value is -3.51. The van der Waals surface area contributed by atoms with Gasteiger partial charge in [-0.3, -0.25) is 0 Å². The van der Waals surface area contributed by atoms with Crippen molar-refractivity contribution in [3.8, 4) is 34.1 Å². The Balaban J connectivity index is 1.25. The van der Waals surface area contributed by atoms with E-state index in [0.717, 1.165) is 52.0 Å². The molecule has 0 saturated heterocycles. The molecule has 1 aromatic heterocycles. The van der Waals surface area contributed by atoms with Crippen LogP contribution in [0.25, 0.3) is 22.6 Å². The predicted molar refractivity (Wildman–Crippen MR) is 131 cm³/mol. The summed E-state index contributed by atoms with van der Waals surface area (Å²) in [7, 11) is 0. The van der Waals surface area contributed by atoms with E-state index in [4.69, 9.17) is 9.15 Å². The first-order chi connectivity index (χ1) is 16.1. The lowest BCUT2D eigenvalue weighted by atomic mass is 9.98. The zero-order valence-electron chi connectivity index (χ0n) is 18.3. The average Bonchev–Trinajstić information content (AvgIpc) is 3.45. The molecular weight excluding hydrogens is 432 g/mol. The Morgan fingerprint density at radius 3 is 2.85 bits per heavy atom. The van der Waals surface area contributed by atoms with E-state index in [1.807, 2.05) is 61.5 Å². The maximum absolute atomic E-state index is 10.4. The standard InChI is InChI=1S/C27H24N2O3S/c1-3-5-18-8-10-24(30)23(13-18)19-9-11-25-21(14-19)15-22(31-25)16-33-27-29-28-26(32-27)20-7-4-6-17(2)12-20/h3-4,6-14,22,30H,1,5,15-16H2,2H3/t22-/m0/s1. The van der Waals surface area contributed by atoms with Crippen molar-refractivity contribution >= 4 is 11.8 Å². The molecule has 1 atom stereocenters. The molecule has 0 bridgehead atoms. The topological polar surface area (TPSA) is 68.4 Å². The van der Waals surface area contributed by atoms with Gasteiger partial charge in [0, 0.05) is 23.3 Å². The number of fused-ring (bicyclic) bond motifs is 1. The lowest BCUT2D eigenvalue weighted by Crippen LogP contribution is -2.15. The summed E-state index contributed by atoms with van der Waals surface area (Å²) in [6, 6.07) is 19.8. The molecule has 0 amide bonds. The number of aryl methyl sites for hydroxylation is 1. The Labute approximate surface area is 197 Å². The van der Waals surface area contributed by atoms with Gasteiger partial charge in [-0.25, -0.2) is 0 Å². The molecule has 0 aliphatic carbocycles. The van der Waals surface area contributed by atoms with Crippen LogP contribution in [0.15, 0.2) is 83.0 Å². The number of aromatic nitrogens is 2. The van der Waals surface area contributed by atoms with E-state index in [2.05, 4.69) is 22.8 Å². The van der Waals surface area contributed by atoms with Gasteiger partial charge in [-0.15, -0.1) is 16.8 Å². The lowest BCUT2D eigenvalue weighted by molar-refractivity contribution is 0.259. The second-order valence-electron chi connectivity index (χ2n) is 8.16. The van der Waals surface area contributed by atoms with E-state index < -0.39 is 0 Å². The third-order valence-corrected chi connectivity index (χ3v) is 6.57. The van der Waals surface area contributed by atoms with Crippen molar-refractivity contribution in [2.45, 2.75) is 31.1 Å². The highest BCUT2D eigenvalue weighted by molar-refractivity contribution is 7.99. The van der Waals surface area contributed by atoms with E-state index in [0.29, 0.717) is 16.9 Å². The van der Waals surface area contributed by atoms with Gasteiger partial charge in [-0.2, -0.15) is 0 Å². The van der Waals surface area contributed by atoms with Crippen LogP contribution >= 0.6 is 11.8 Å². The monoisotopic (exact) mass is 456 g/mol. The molecule has 0 spiro atoms. The first-order valence-corrected chi connectivity index (χ1v) is 11.8. The molecule has 0 saturated carbocycles. The second-order valence-corrected chi connectivity index (χ2v) is 9.14. The number of aromatic hydroxyl groups is 1. The highest BCUT2D eigenvalue weighted by Crippen LogP contribution is 2.37. The molecule has 0 fully saturated rings. The van der Waals surface area contributed by atoms with Gasteiger partial charge in [0.2, 0.25) is 5.89 Å². The van der Waals surface area contributed by atoms with E-state index >= 15 is 0 Å². The summed E-state index contributed by atoms with van der Waals surface area (Å²) in [6.45, 7) is 5.84. The molecule has 5 nitrogen and oxygen atoms in total. The van der Waals surface area contributed by atoms with Crippen molar-refractivity contribution in [1.82, 2.24) is 10.2 Å². The van der Waals surface area contributed by atoms with E-state index in [9.17, 15) is 5.11 Å². The van der Waals surface area contributed by atoms with Crippen LogP contribution in [-0.2, 0) is 12.8 Å². The van der Waals surface area contributed by atoms with Crippen LogP contribution < -0.4 is 4.74 Å². The smallest absolute Gasteiger partial charge is 0.276 e. The maximum Gasteiger partial charge on any atom is 0.276 e. The van der Waals surface area contributed by atoms with Crippen molar-refractivity contribution in [2.75, 3.05) is 5.75 Å². The number of hydrogen-bond donors (Lipinski definition) is 1. The molecule has 6 heteroatoms. The Morgan fingerprint density at radius 1 is 1.09 bits per heavy atom. The number of hydrogen-bond acceptors (Lipinski definition) is 6. The summed E-state index contributed by atoms with van der Waals surface area (Å²) in [5.41, 5.74) is 6.13. The van der Waals surface area contributed by atoms with Crippen LogP contribution in [0.4, 0.5) is 0 Å². The van der Waals surface area contributed by atoms with Gasteiger partial charge in [0.05, 0.1) is 0 Å². The van der Waals surface area contributed by atoms with Crippen LogP contribution in [0.5, 0.6) is 11.5 Å². The molecule has 5 rings (SSSR count). The number of thioether (sulfide) groups is 1. The van der Waals surface area contributed by atoms with Gasteiger partial charge >= 0.3 is 0 Å². The van der Waals surface area contributed by atoms with Crippen LogP contribution in [0.3, 0.4) is 0 Å². The Morgan fingerprint density at radius 2 is 2.00 bits per heavy atom. The van der Waals surface area contributed by atoms with Gasteiger partial charge in [0.25, 0.3) is 5.22 Å². The molecule has 4 aromatic rings. The van der Waals surface area contributed by atoms with Crippen LogP contribution in [0, 0.1) is 6.92 Å². The number of rotatable bonds is 7. The molecule has 33 heavy (non-hydrogen) atoms. The Kier molecular flexibility index (Phi) is 5.92. The molecule has 1 N–H and O–H groups in total. The third kappa shape index (κ3) is 4.66. The maximum atomic E-state index is 10.4. The van der Waals surface area contributed by atoms with Gasteiger partial charge in [-0.1, -0.05) is 47.7 Å². The zero-order chi connectivity index (χ0) is 22.8. The summed E-state index contributed by atoms with van der Waals surface area (Å²) in [4.78, 5) is 0. The first-order valence-electron chi connectivity index (χ1n) is 10.8. The number of benzene rings is 3. The number of allylic oxidation sites excluding steroid dienone is 1. The van der Waals surface area contributed by atoms with E-state index in [1.165, 1.54) is 11.8 Å². The van der Waals surface area contributed by atoms with Crippen LogP contribution in [-0.4, -0.2) is 27.2 Å². The van der Waals surface area contributed by atoms with Crippen LogP contribution in [0.2, 0.25) is 0 Å². The van der Waals surface area contributed by atoms with Crippen molar-refractivity contribution in [1.29, 1.82) is 0 Å². The zero-order valence-corrected chi connectivity index (χ0v) is 19.1. The Bertz CT molecular complexity index is 1310. The fourth-order valence-electron chi connectivity index (χ4n) is 4.02. The number of nitrogens with zero attached hydrogens (tertiary/aromatic N) is 2. The molecular formula is C27H24N2O3S. The summed E-state index contributed by atoms with van der Waals surface area (Å²) in [6.07, 6.45) is 3.45. The number of phenolic OH excluding ortho intramolecular Hbond substituents is 1. The van der Waals surface area contributed by atoms with Crippen molar-refractivity contribution in [2.24, 2.45) is 0 Å². The second kappa shape index (κ2) is 9.16. The molecule has 1 aliphatic heterocycles. The number of phenols is 1. The average molecular weight is 457 g/mol. The lowest BCUT2D eigenvalue weighted by Gasteiger charge is -2.09. The molecule has 166 valence electrons. The summed E-state index contributed by atoms with van der Waals surface area (Å²) in [5.74, 6) is 2.39. The first kappa shape index (κ1) is 21.3. The summed E-state index contributed by atoms with van der Waals surface area (Å²) < 4.78 is 12.0. The van der Waals surface area contributed by atoms with Gasteiger partial charge in [0.1, 0.15) is 17.6 Å². The normalized spacial score (nSPS) is 14.6. The third-order valence-electron chi connectivity index (χ3n) is 5.62. The molecule has 3 aromatic carbocycles. The predicted octanol–water partition coefficient (Wildman–Crippen LogP) is 6.24. The fourth-order valence-corrected chi connectivity index (χ4v) is 4.77. The van der Waals surface area contributed by atoms with Crippen molar-refractivity contribution in [3.63, 3.8) is 0 Å². The highest BCUT2D eigenvalue weighted by Gasteiger charge is 2.25.